The number of rotatable bonds is 8. The van der Waals surface area contributed by atoms with Crippen LogP contribution in [0.15, 0.2) is 18.2 Å². The molecule has 1 unspecified atom stereocenters. The molecule has 3 nitrogen and oxygen atoms in total. The first-order valence-electron chi connectivity index (χ1n) is 7.07. The van der Waals surface area contributed by atoms with Crippen LogP contribution >= 0.6 is 0 Å². The lowest BCUT2D eigenvalue weighted by atomic mass is 10.1. The van der Waals surface area contributed by atoms with Gasteiger partial charge in [0.05, 0.1) is 7.11 Å². The molecule has 1 N–H and O–H groups in total. The lowest BCUT2D eigenvalue weighted by molar-refractivity contribution is 0.258. The topological polar surface area (TPSA) is 24.5 Å². The van der Waals surface area contributed by atoms with Gasteiger partial charge in [-0.1, -0.05) is 31.0 Å². The third kappa shape index (κ3) is 5.21. The van der Waals surface area contributed by atoms with Crippen LogP contribution in [0.1, 0.15) is 24.5 Å². The van der Waals surface area contributed by atoms with E-state index in [0.29, 0.717) is 5.92 Å². The zero-order valence-electron chi connectivity index (χ0n) is 13.0. The van der Waals surface area contributed by atoms with Gasteiger partial charge < -0.3 is 15.0 Å². The first kappa shape index (κ1) is 16.0. The molecule has 3 heteroatoms. The van der Waals surface area contributed by atoms with E-state index in [2.05, 4.69) is 49.3 Å². The Morgan fingerprint density at radius 2 is 2.11 bits per heavy atom. The average Bonchev–Trinajstić information content (AvgIpc) is 2.38. The molecule has 0 amide bonds. The van der Waals surface area contributed by atoms with Crippen molar-refractivity contribution in [2.24, 2.45) is 5.92 Å². The highest BCUT2D eigenvalue weighted by Gasteiger charge is 2.11. The minimum Gasteiger partial charge on any atom is -0.496 e. The van der Waals surface area contributed by atoms with Crippen molar-refractivity contribution in [2.45, 2.75) is 26.8 Å². The van der Waals surface area contributed by atoms with E-state index in [9.17, 15) is 0 Å². The summed E-state index contributed by atoms with van der Waals surface area (Å²) >= 11 is 0. The molecule has 108 valence electrons. The molecule has 0 aliphatic heterocycles. The van der Waals surface area contributed by atoms with Crippen LogP contribution in [0.5, 0.6) is 5.75 Å². The molecule has 1 aromatic rings. The van der Waals surface area contributed by atoms with Crippen LogP contribution in [-0.4, -0.2) is 39.2 Å². The van der Waals surface area contributed by atoms with Gasteiger partial charge in [0, 0.05) is 18.7 Å². The molecular weight excluding hydrogens is 236 g/mol. The summed E-state index contributed by atoms with van der Waals surface area (Å²) in [5.74, 6) is 1.69. The highest BCUT2D eigenvalue weighted by Crippen LogP contribution is 2.21. The Kier molecular flexibility index (Phi) is 6.89. The summed E-state index contributed by atoms with van der Waals surface area (Å²) in [4.78, 5) is 2.38. The fraction of sp³-hybridized carbons (Fsp3) is 0.625. The maximum atomic E-state index is 5.44. The second kappa shape index (κ2) is 8.18. The minimum absolute atomic E-state index is 0.700. The van der Waals surface area contributed by atoms with Crippen molar-refractivity contribution in [3.63, 3.8) is 0 Å². The second-order valence-electron chi connectivity index (χ2n) is 5.34. The molecule has 0 radical (unpaired) electrons. The number of hydrogen-bond donors (Lipinski definition) is 1. The predicted octanol–water partition coefficient (Wildman–Crippen LogP) is 2.68. The van der Waals surface area contributed by atoms with Gasteiger partial charge in [-0.15, -0.1) is 0 Å². The largest absolute Gasteiger partial charge is 0.496 e. The third-order valence-electron chi connectivity index (χ3n) is 3.52. The van der Waals surface area contributed by atoms with E-state index in [1.807, 2.05) is 7.05 Å². The number of benzene rings is 1. The van der Waals surface area contributed by atoms with Gasteiger partial charge in [0.2, 0.25) is 0 Å². The zero-order chi connectivity index (χ0) is 14.3. The molecule has 0 bridgehead atoms. The smallest absolute Gasteiger partial charge is 0.123 e. The van der Waals surface area contributed by atoms with Crippen LogP contribution in [0.3, 0.4) is 0 Å². The Labute approximate surface area is 118 Å². The number of ether oxygens (including phenoxy) is 1. The molecule has 1 atom stereocenters. The lowest BCUT2D eigenvalue weighted by Crippen LogP contribution is -2.30. The molecule has 0 fully saturated rings. The second-order valence-corrected chi connectivity index (χ2v) is 5.34. The van der Waals surface area contributed by atoms with Gasteiger partial charge in [-0.05, 0) is 39.5 Å². The van der Waals surface area contributed by atoms with Crippen molar-refractivity contribution >= 4 is 0 Å². The normalized spacial score (nSPS) is 12.7. The van der Waals surface area contributed by atoms with Crippen molar-refractivity contribution in [1.29, 1.82) is 0 Å². The van der Waals surface area contributed by atoms with E-state index in [0.717, 1.165) is 25.4 Å². The minimum atomic E-state index is 0.700. The summed E-state index contributed by atoms with van der Waals surface area (Å²) in [5.41, 5.74) is 2.55. The summed E-state index contributed by atoms with van der Waals surface area (Å²) in [6.45, 7) is 7.49. The Bertz CT molecular complexity index is 379. The summed E-state index contributed by atoms with van der Waals surface area (Å²) in [5, 5.41) is 3.27. The molecular formula is C16H28N2O. The van der Waals surface area contributed by atoms with Crippen molar-refractivity contribution in [3.8, 4) is 5.75 Å². The molecule has 0 saturated carbocycles. The molecule has 19 heavy (non-hydrogen) atoms. The van der Waals surface area contributed by atoms with Crippen molar-refractivity contribution in [1.82, 2.24) is 10.2 Å². The summed E-state index contributed by atoms with van der Waals surface area (Å²) in [6.07, 6.45) is 1.20. The van der Waals surface area contributed by atoms with Crippen LogP contribution in [0.4, 0.5) is 0 Å². The molecule has 0 heterocycles. The average molecular weight is 264 g/mol. The van der Waals surface area contributed by atoms with Crippen LogP contribution in [0.25, 0.3) is 0 Å². The maximum absolute atomic E-state index is 5.44. The Hall–Kier alpha value is -1.06. The third-order valence-corrected chi connectivity index (χ3v) is 3.52. The van der Waals surface area contributed by atoms with Gasteiger partial charge in [-0.25, -0.2) is 0 Å². The van der Waals surface area contributed by atoms with E-state index in [1.165, 1.54) is 17.5 Å². The first-order chi connectivity index (χ1) is 9.10. The van der Waals surface area contributed by atoms with Crippen molar-refractivity contribution in [3.05, 3.63) is 29.3 Å². The highest BCUT2D eigenvalue weighted by atomic mass is 16.5. The van der Waals surface area contributed by atoms with Crippen molar-refractivity contribution < 1.29 is 4.74 Å². The molecule has 1 rings (SSSR count). The Balaban J connectivity index is 2.65. The zero-order valence-corrected chi connectivity index (χ0v) is 13.0. The van der Waals surface area contributed by atoms with E-state index in [-0.39, 0.29) is 0 Å². The highest BCUT2D eigenvalue weighted by molar-refractivity contribution is 5.36. The van der Waals surface area contributed by atoms with Gasteiger partial charge in [0.15, 0.2) is 0 Å². The lowest BCUT2D eigenvalue weighted by Gasteiger charge is -2.24. The Morgan fingerprint density at radius 1 is 1.37 bits per heavy atom. The fourth-order valence-electron chi connectivity index (χ4n) is 2.45. The predicted molar refractivity (Wildman–Crippen MR) is 81.8 cm³/mol. The number of nitrogens with zero attached hydrogens (tertiary/aromatic N) is 1. The van der Waals surface area contributed by atoms with Gasteiger partial charge in [0.25, 0.3) is 0 Å². The van der Waals surface area contributed by atoms with E-state index in [4.69, 9.17) is 4.74 Å². The van der Waals surface area contributed by atoms with Gasteiger partial charge in [0.1, 0.15) is 5.75 Å². The summed E-state index contributed by atoms with van der Waals surface area (Å²) in [6, 6.07) is 6.37. The van der Waals surface area contributed by atoms with E-state index in [1.54, 1.807) is 7.11 Å². The van der Waals surface area contributed by atoms with Crippen LogP contribution in [-0.2, 0) is 6.54 Å². The molecule has 0 aliphatic rings. The molecule has 0 aliphatic carbocycles. The quantitative estimate of drug-likeness (QED) is 0.781. The Morgan fingerprint density at radius 3 is 2.68 bits per heavy atom. The standard InChI is InChI=1S/C16H28N2O/c1-6-14(10-17-3)11-18(4)12-15-9-13(2)7-8-16(15)19-5/h7-9,14,17H,6,10-12H2,1-5H3. The van der Waals surface area contributed by atoms with E-state index < -0.39 is 0 Å². The first-order valence-corrected chi connectivity index (χ1v) is 7.07. The van der Waals surface area contributed by atoms with Gasteiger partial charge in [-0.3, -0.25) is 0 Å². The number of nitrogens with one attached hydrogen (secondary N) is 1. The number of hydrogen-bond acceptors (Lipinski definition) is 3. The number of methoxy groups -OCH3 is 1. The molecule has 0 spiro atoms. The van der Waals surface area contributed by atoms with Crippen LogP contribution in [0, 0.1) is 12.8 Å². The molecule has 0 aromatic heterocycles. The van der Waals surface area contributed by atoms with Crippen LogP contribution < -0.4 is 10.1 Å². The fourth-order valence-corrected chi connectivity index (χ4v) is 2.45. The van der Waals surface area contributed by atoms with Gasteiger partial charge >= 0.3 is 0 Å². The monoisotopic (exact) mass is 264 g/mol. The van der Waals surface area contributed by atoms with Crippen molar-refractivity contribution in [2.75, 3.05) is 34.3 Å². The molecule has 0 saturated heterocycles. The summed E-state index contributed by atoms with van der Waals surface area (Å²) < 4.78 is 5.44. The van der Waals surface area contributed by atoms with Crippen LogP contribution in [0.2, 0.25) is 0 Å². The number of aryl methyl sites for hydroxylation is 1. The maximum Gasteiger partial charge on any atom is 0.123 e. The van der Waals surface area contributed by atoms with Gasteiger partial charge in [-0.2, -0.15) is 0 Å². The SMILES string of the molecule is CCC(CNC)CN(C)Cc1cc(C)ccc1OC. The van der Waals surface area contributed by atoms with E-state index >= 15 is 0 Å². The molecule has 1 aromatic carbocycles. The summed E-state index contributed by atoms with van der Waals surface area (Å²) in [7, 11) is 5.94.